The maximum Gasteiger partial charge on any atom is 0.225 e. The van der Waals surface area contributed by atoms with Gasteiger partial charge in [-0.1, -0.05) is 30.3 Å². The number of nitrogens with zero attached hydrogens (tertiary/aromatic N) is 3. The van der Waals surface area contributed by atoms with Crippen molar-refractivity contribution < 1.29 is 9.53 Å². The second-order valence-corrected chi connectivity index (χ2v) is 7.49. The third-order valence-electron chi connectivity index (χ3n) is 5.63. The van der Waals surface area contributed by atoms with E-state index in [2.05, 4.69) is 4.98 Å². The van der Waals surface area contributed by atoms with Crippen molar-refractivity contribution in [3.63, 3.8) is 0 Å². The third-order valence-corrected chi connectivity index (χ3v) is 5.63. The summed E-state index contributed by atoms with van der Waals surface area (Å²) in [6.07, 6.45) is 4.92. The number of fused-ring (bicyclic) bond motifs is 2. The van der Waals surface area contributed by atoms with Crippen molar-refractivity contribution in [2.24, 2.45) is 5.92 Å². The summed E-state index contributed by atoms with van der Waals surface area (Å²) in [6.45, 7) is 2.73. The number of likely N-dealkylation sites (tertiary alicyclic amines) is 1. The van der Waals surface area contributed by atoms with Gasteiger partial charge in [-0.25, -0.2) is 9.97 Å². The molecule has 5 rings (SSSR count). The van der Waals surface area contributed by atoms with E-state index >= 15 is 0 Å². The second-order valence-electron chi connectivity index (χ2n) is 7.49. The summed E-state index contributed by atoms with van der Waals surface area (Å²) < 4.78 is 5.87. The van der Waals surface area contributed by atoms with Gasteiger partial charge >= 0.3 is 0 Å². The highest BCUT2D eigenvalue weighted by atomic mass is 16.5. The Bertz CT molecular complexity index is 819. The number of benzene rings is 1. The van der Waals surface area contributed by atoms with Gasteiger partial charge in [-0.2, -0.15) is 0 Å². The smallest absolute Gasteiger partial charge is 0.225 e. The van der Waals surface area contributed by atoms with Crippen LogP contribution in [0.25, 0.3) is 11.4 Å². The van der Waals surface area contributed by atoms with Crippen molar-refractivity contribution >= 4 is 5.91 Å². The molecule has 1 saturated heterocycles. The summed E-state index contributed by atoms with van der Waals surface area (Å²) >= 11 is 0. The van der Waals surface area contributed by atoms with E-state index in [4.69, 9.17) is 9.72 Å². The minimum atomic E-state index is -0.176. The quantitative estimate of drug-likeness (QED) is 0.846. The van der Waals surface area contributed by atoms with E-state index in [1.807, 2.05) is 41.4 Å². The van der Waals surface area contributed by atoms with E-state index in [1.165, 1.54) is 0 Å². The lowest BCUT2D eigenvalue weighted by atomic mass is 9.80. The highest BCUT2D eigenvalue weighted by molar-refractivity contribution is 5.81. The topological polar surface area (TPSA) is 55.3 Å². The largest absolute Gasteiger partial charge is 0.376 e. The van der Waals surface area contributed by atoms with Gasteiger partial charge < -0.3 is 9.64 Å². The molecule has 3 aliphatic rings. The lowest BCUT2D eigenvalue weighted by Gasteiger charge is -2.34. The minimum Gasteiger partial charge on any atom is -0.376 e. The van der Waals surface area contributed by atoms with E-state index in [1.54, 1.807) is 0 Å². The Kier molecular flexibility index (Phi) is 3.38. The number of aromatic nitrogens is 2. The summed E-state index contributed by atoms with van der Waals surface area (Å²) in [5.74, 6) is 1.35. The molecule has 0 unspecified atom stereocenters. The zero-order chi connectivity index (χ0) is 16.9. The molecule has 25 heavy (non-hydrogen) atoms. The van der Waals surface area contributed by atoms with Gasteiger partial charge in [-0.3, -0.25) is 4.79 Å². The zero-order valence-corrected chi connectivity index (χ0v) is 14.1. The summed E-state index contributed by atoms with van der Waals surface area (Å²) in [6, 6.07) is 10.1. The Hall–Kier alpha value is -2.27. The highest BCUT2D eigenvalue weighted by Crippen LogP contribution is 2.41. The van der Waals surface area contributed by atoms with Crippen molar-refractivity contribution in [3.05, 3.63) is 47.8 Å². The molecule has 5 nitrogen and oxygen atoms in total. The lowest BCUT2D eigenvalue weighted by molar-refractivity contribution is -0.131. The van der Waals surface area contributed by atoms with Crippen molar-refractivity contribution in [2.45, 2.75) is 31.3 Å². The van der Waals surface area contributed by atoms with Crippen LogP contribution in [0.2, 0.25) is 0 Å². The predicted octanol–water partition coefficient (Wildman–Crippen LogP) is 2.55. The van der Waals surface area contributed by atoms with Gasteiger partial charge in [-0.05, 0) is 19.3 Å². The Morgan fingerprint density at radius 1 is 1.24 bits per heavy atom. The van der Waals surface area contributed by atoms with E-state index < -0.39 is 0 Å². The molecule has 1 saturated carbocycles. The van der Waals surface area contributed by atoms with E-state index in [-0.39, 0.29) is 11.3 Å². The molecule has 128 valence electrons. The molecular weight excluding hydrogens is 314 g/mol. The van der Waals surface area contributed by atoms with Crippen LogP contribution in [0.1, 0.15) is 30.5 Å². The van der Waals surface area contributed by atoms with Crippen molar-refractivity contribution in [2.75, 3.05) is 19.7 Å². The van der Waals surface area contributed by atoms with Gasteiger partial charge in [0.25, 0.3) is 0 Å². The van der Waals surface area contributed by atoms with Crippen molar-refractivity contribution in [1.82, 2.24) is 14.9 Å². The predicted molar refractivity (Wildman–Crippen MR) is 92.7 cm³/mol. The first-order chi connectivity index (χ1) is 12.3. The number of rotatable bonds is 2. The molecule has 1 spiro atoms. The SMILES string of the molecule is O=C(C1CC1)N1CC[C@@]2(COCc3cnc(-c4ccccc4)nc32)C1. The monoisotopic (exact) mass is 335 g/mol. The van der Waals surface area contributed by atoms with Crippen LogP contribution in [-0.2, 0) is 21.6 Å². The summed E-state index contributed by atoms with van der Waals surface area (Å²) in [5, 5.41) is 0. The Labute approximate surface area is 147 Å². The molecule has 0 bridgehead atoms. The second kappa shape index (κ2) is 5.63. The maximum absolute atomic E-state index is 12.5. The normalized spacial score (nSPS) is 25.2. The fourth-order valence-electron chi connectivity index (χ4n) is 4.08. The Balaban J connectivity index is 1.51. The highest BCUT2D eigenvalue weighted by Gasteiger charge is 2.48. The first-order valence-electron chi connectivity index (χ1n) is 9.04. The lowest BCUT2D eigenvalue weighted by Crippen LogP contribution is -2.42. The molecule has 2 aromatic rings. The van der Waals surface area contributed by atoms with Crippen LogP contribution in [0.5, 0.6) is 0 Å². The van der Waals surface area contributed by atoms with Crippen LogP contribution in [0, 0.1) is 5.92 Å². The standard InChI is InChI=1S/C20H21N3O2/c24-19(15-6-7-15)23-9-8-20(12-23)13-25-11-16-10-21-18(22-17(16)20)14-4-2-1-3-5-14/h1-5,10,15H,6-9,11-13H2/t20-/m0/s1. The molecule has 3 heterocycles. The van der Waals surface area contributed by atoms with Crippen LogP contribution in [-0.4, -0.2) is 40.5 Å². The average Bonchev–Trinajstić information content (AvgIpc) is 3.43. The molecule has 5 heteroatoms. The zero-order valence-electron chi connectivity index (χ0n) is 14.1. The van der Waals surface area contributed by atoms with E-state index in [9.17, 15) is 4.79 Å². The first kappa shape index (κ1) is 15.0. The summed E-state index contributed by atoms with van der Waals surface area (Å²) in [7, 11) is 0. The number of hydrogen-bond donors (Lipinski definition) is 0. The van der Waals surface area contributed by atoms with Gasteiger partial charge in [0.2, 0.25) is 5.91 Å². The molecule has 2 aliphatic heterocycles. The van der Waals surface area contributed by atoms with Gasteiger partial charge in [0.05, 0.1) is 24.3 Å². The number of amides is 1. The Morgan fingerprint density at radius 3 is 2.88 bits per heavy atom. The molecule has 1 aromatic heterocycles. The molecule has 1 atom stereocenters. The molecule has 0 radical (unpaired) electrons. The van der Waals surface area contributed by atoms with Gasteiger partial charge in [0.1, 0.15) is 0 Å². The maximum atomic E-state index is 12.5. The molecule has 2 fully saturated rings. The van der Waals surface area contributed by atoms with E-state index in [0.717, 1.165) is 55.0 Å². The number of carbonyl (C=O) groups excluding carboxylic acids is 1. The first-order valence-corrected chi connectivity index (χ1v) is 9.04. The van der Waals surface area contributed by atoms with Gasteiger partial charge in [-0.15, -0.1) is 0 Å². The minimum absolute atomic E-state index is 0.176. The van der Waals surface area contributed by atoms with Crippen molar-refractivity contribution in [3.8, 4) is 11.4 Å². The van der Waals surface area contributed by atoms with Crippen molar-refractivity contribution in [1.29, 1.82) is 0 Å². The number of carbonyl (C=O) groups is 1. The molecule has 1 amide bonds. The number of ether oxygens (including phenoxy) is 1. The van der Waals surface area contributed by atoms with Gasteiger partial charge in [0, 0.05) is 36.3 Å². The molecule has 1 aromatic carbocycles. The van der Waals surface area contributed by atoms with Crippen LogP contribution in [0.15, 0.2) is 36.5 Å². The van der Waals surface area contributed by atoms with Crippen LogP contribution in [0.3, 0.4) is 0 Å². The molecule has 0 N–H and O–H groups in total. The Morgan fingerprint density at radius 2 is 2.08 bits per heavy atom. The van der Waals surface area contributed by atoms with Gasteiger partial charge in [0.15, 0.2) is 5.82 Å². The average molecular weight is 335 g/mol. The van der Waals surface area contributed by atoms with Crippen LogP contribution in [0.4, 0.5) is 0 Å². The molecular formula is C20H21N3O2. The third kappa shape index (κ3) is 2.54. The van der Waals surface area contributed by atoms with Crippen LogP contribution >= 0.6 is 0 Å². The van der Waals surface area contributed by atoms with E-state index in [0.29, 0.717) is 19.1 Å². The number of hydrogen-bond acceptors (Lipinski definition) is 4. The summed E-state index contributed by atoms with van der Waals surface area (Å²) in [5.41, 5.74) is 2.99. The van der Waals surface area contributed by atoms with Crippen LogP contribution < -0.4 is 0 Å². The summed E-state index contributed by atoms with van der Waals surface area (Å²) in [4.78, 5) is 24.0. The fourth-order valence-corrected chi connectivity index (χ4v) is 4.08. The fraction of sp³-hybridized carbons (Fsp3) is 0.450. The molecule has 1 aliphatic carbocycles.